The SMILES string of the molecule is N#CS.N=C(N)NN. The molecule has 0 fully saturated rings. The van der Waals surface area contributed by atoms with E-state index in [1.807, 2.05) is 5.43 Å². The molecule has 6 N–H and O–H groups in total. The topological polar surface area (TPSA) is 112 Å². The summed E-state index contributed by atoms with van der Waals surface area (Å²) in [6, 6.07) is 0. The molecular weight excluding hydrogens is 126 g/mol. The zero-order chi connectivity index (χ0) is 6.99. The van der Waals surface area contributed by atoms with Crippen LogP contribution in [-0.2, 0) is 0 Å². The van der Waals surface area contributed by atoms with Crippen molar-refractivity contribution in [3.63, 3.8) is 0 Å². The maximum Gasteiger partial charge on any atom is 0.200 e. The van der Waals surface area contributed by atoms with Crippen LogP contribution in [0.2, 0.25) is 0 Å². The van der Waals surface area contributed by atoms with Crippen LogP contribution < -0.4 is 17.0 Å². The Morgan fingerprint density at radius 1 is 1.88 bits per heavy atom. The standard InChI is InChI=1S/CH6N4.CHNS/c2-1(3)5-4;2-1-3/h4H2,(H4,2,3,5);3H. The summed E-state index contributed by atoms with van der Waals surface area (Å²) in [5, 5.41) is 14.9. The Morgan fingerprint density at radius 2 is 2.00 bits per heavy atom. The van der Waals surface area contributed by atoms with E-state index in [1.165, 1.54) is 5.40 Å². The third-order valence-corrected chi connectivity index (χ3v) is 0.156. The van der Waals surface area contributed by atoms with Crippen LogP contribution in [0.1, 0.15) is 0 Å². The van der Waals surface area contributed by atoms with E-state index < -0.39 is 0 Å². The Kier molecular flexibility index (Phi) is 11.9. The van der Waals surface area contributed by atoms with Crippen molar-refractivity contribution >= 4 is 18.6 Å². The fourth-order valence-corrected chi connectivity index (χ4v) is 0. The van der Waals surface area contributed by atoms with Crippen LogP contribution in [0.5, 0.6) is 0 Å². The number of thiol groups is 1. The van der Waals surface area contributed by atoms with Crippen LogP contribution in [0.25, 0.3) is 0 Å². The minimum Gasteiger partial charge on any atom is -0.369 e. The van der Waals surface area contributed by atoms with E-state index in [-0.39, 0.29) is 5.96 Å². The van der Waals surface area contributed by atoms with Gasteiger partial charge in [-0.1, -0.05) is 12.6 Å². The number of guanidine groups is 1. The average Bonchev–Trinajstić information content (AvgIpc) is 1.69. The van der Waals surface area contributed by atoms with Crippen LogP contribution >= 0.6 is 12.6 Å². The first-order valence-electron chi connectivity index (χ1n) is 1.52. The van der Waals surface area contributed by atoms with Crippen molar-refractivity contribution in [2.45, 2.75) is 0 Å². The molecule has 8 heavy (non-hydrogen) atoms. The molecule has 0 unspecified atom stereocenters. The van der Waals surface area contributed by atoms with E-state index in [0.29, 0.717) is 0 Å². The van der Waals surface area contributed by atoms with Crippen molar-refractivity contribution in [1.82, 2.24) is 5.43 Å². The molecule has 0 aliphatic rings. The largest absolute Gasteiger partial charge is 0.369 e. The minimum atomic E-state index is -0.218. The summed E-state index contributed by atoms with van der Waals surface area (Å²) >= 11 is 3.09. The maximum atomic E-state index is 7.18. The number of hydrazine groups is 1. The molecule has 0 bridgehead atoms. The Morgan fingerprint density at radius 3 is 2.00 bits per heavy atom. The molecule has 0 aliphatic carbocycles. The quantitative estimate of drug-likeness (QED) is 0.0709. The lowest BCUT2D eigenvalue weighted by Crippen LogP contribution is -2.35. The van der Waals surface area contributed by atoms with Crippen LogP contribution in [0.15, 0.2) is 0 Å². The highest BCUT2D eigenvalue weighted by Crippen LogP contribution is 1.46. The molecule has 0 saturated carbocycles. The van der Waals surface area contributed by atoms with Gasteiger partial charge in [0.15, 0.2) is 5.96 Å². The van der Waals surface area contributed by atoms with Crippen molar-refractivity contribution < 1.29 is 0 Å². The Bertz CT molecular complexity index is 93.1. The molecule has 0 aromatic rings. The van der Waals surface area contributed by atoms with Gasteiger partial charge in [0, 0.05) is 0 Å². The summed E-state index contributed by atoms with van der Waals surface area (Å²) < 4.78 is 0. The monoisotopic (exact) mass is 133 g/mol. The predicted molar refractivity (Wildman–Crippen MR) is 33.8 cm³/mol. The summed E-state index contributed by atoms with van der Waals surface area (Å²) in [4.78, 5) is 0. The molecular formula is C2H7N5S. The Labute approximate surface area is 52.5 Å². The van der Waals surface area contributed by atoms with Crippen molar-refractivity contribution in [2.24, 2.45) is 11.6 Å². The first-order valence-corrected chi connectivity index (χ1v) is 1.97. The van der Waals surface area contributed by atoms with Crippen LogP contribution in [0.4, 0.5) is 0 Å². The number of thiocyanates is 1. The summed E-state index contributed by atoms with van der Waals surface area (Å²) in [5.74, 6) is 4.35. The van der Waals surface area contributed by atoms with Crippen LogP contribution in [-0.4, -0.2) is 5.96 Å². The molecule has 6 heteroatoms. The van der Waals surface area contributed by atoms with E-state index in [9.17, 15) is 0 Å². The highest BCUT2D eigenvalue weighted by atomic mass is 32.1. The third-order valence-electron chi connectivity index (χ3n) is 0.156. The molecule has 0 spiro atoms. The van der Waals surface area contributed by atoms with E-state index in [2.05, 4.69) is 24.2 Å². The number of nitrogens with zero attached hydrogens (tertiary/aromatic N) is 1. The molecule has 5 nitrogen and oxygen atoms in total. The van der Waals surface area contributed by atoms with Crippen LogP contribution in [0.3, 0.4) is 0 Å². The summed E-state index contributed by atoms with van der Waals surface area (Å²) in [6.07, 6.45) is 0. The van der Waals surface area contributed by atoms with Crippen molar-refractivity contribution in [3.05, 3.63) is 0 Å². The molecule has 0 aromatic carbocycles. The van der Waals surface area contributed by atoms with E-state index in [4.69, 9.17) is 10.7 Å². The molecule has 0 radical (unpaired) electrons. The second-order valence-corrected chi connectivity index (χ2v) is 0.858. The highest BCUT2D eigenvalue weighted by Gasteiger charge is 1.66. The van der Waals surface area contributed by atoms with Gasteiger partial charge in [0.2, 0.25) is 0 Å². The zero-order valence-electron chi connectivity index (χ0n) is 4.05. The van der Waals surface area contributed by atoms with E-state index in [1.54, 1.807) is 0 Å². The molecule has 0 amide bonds. The first kappa shape index (κ1) is 10.1. The molecule has 0 rings (SSSR count). The van der Waals surface area contributed by atoms with E-state index in [0.717, 1.165) is 0 Å². The van der Waals surface area contributed by atoms with E-state index >= 15 is 0 Å². The summed E-state index contributed by atoms with van der Waals surface area (Å²) in [5.41, 5.74) is 6.53. The van der Waals surface area contributed by atoms with Gasteiger partial charge >= 0.3 is 0 Å². The first-order chi connectivity index (χ1) is 3.68. The van der Waals surface area contributed by atoms with Gasteiger partial charge in [-0.15, -0.1) is 0 Å². The van der Waals surface area contributed by atoms with Crippen molar-refractivity contribution in [2.75, 3.05) is 0 Å². The smallest absolute Gasteiger partial charge is 0.200 e. The Hall–Kier alpha value is -0.930. The molecule has 0 heterocycles. The van der Waals surface area contributed by atoms with Crippen molar-refractivity contribution in [3.8, 4) is 5.40 Å². The fourth-order valence-electron chi connectivity index (χ4n) is 0. The van der Waals surface area contributed by atoms with Gasteiger partial charge in [0.25, 0.3) is 0 Å². The molecule has 0 atom stereocenters. The number of rotatable bonds is 0. The lowest BCUT2D eigenvalue weighted by Gasteiger charge is -1.85. The van der Waals surface area contributed by atoms with Crippen molar-refractivity contribution in [1.29, 1.82) is 10.7 Å². The molecule has 0 aliphatic heterocycles. The summed E-state index contributed by atoms with van der Waals surface area (Å²) in [7, 11) is 0. The number of nitrogens with two attached hydrogens (primary N) is 2. The minimum absolute atomic E-state index is 0.218. The summed E-state index contributed by atoms with van der Waals surface area (Å²) in [6.45, 7) is 0. The van der Waals surface area contributed by atoms with Gasteiger partial charge in [0.1, 0.15) is 5.40 Å². The second kappa shape index (κ2) is 9.42. The second-order valence-electron chi connectivity index (χ2n) is 0.658. The number of hydrogen-bond acceptors (Lipinski definition) is 4. The van der Waals surface area contributed by atoms with Gasteiger partial charge in [-0.25, -0.2) is 5.84 Å². The van der Waals surface area contributed by atoms with Gasteiger partial charge in [0.05, 0.1) is 0 Å². The lowest BCUT2D eigenvalue weighted by atomic mass is 11.1. The average molecular weight is 133 g/mol. The molecule has 0 saturated heterocycles. The highest BCUT2D eigenvalue weighted by molar-refractivity contribution is 7.85. The maximum absolute atomic E-state index is 7.18. The van der Waals surface area contributed by atoms with Gasteiger partial charge in [-0.05, 0) is 0 Å². The number of nitriles is 1. The Balaban J connectivity index is 0. The molecule has 46 valence electrons. The van der Waals surface area contributed by atoms with Gasteiger partial charge in [-0.2, -0.15) is 5.26 Å². The normalized spacial score (nSPS) is 5.12. The van der Waals surface area contributed by atoms with Gasteiger partial charge in [-0.3, -0.25) is 10.8 Å². The van der Waals surface area contributed by atoms with Crippen LogP contribution in [0, 0.1) is 16.1 Å². The lowest BCUT2D eigenvalue weighted by molar-refractivity contribution is 0.995. The number of hydrogen-bond donors (Lipinski definition) is 5. The zero-order valence-corrected chi connectivity index (χ0v) is 4.94. The number of nitrogens with one attached hydrogen (secondary N) is 2. The third kappa shape index (κ3) is 73.4. The predicted octanol–water partition coefficient (Wildman–Crippen LogP) is -1.26. The molecule has 0 aromatic heterocycles. The van der Waals surface area contributed by atoms with Gasteiger partial charge < -0.3 is 5.73 Å². The fraction of sp³-hybridized carbons (Fsp3) is 0.